The molecule has 7 nitrogen and oxygen atoms in total. The molecule has 7 heteroatoms. The van der Waals surface area contributed by atoms with Crippen LogP contribution in [0.3, 0.4) is 0 Å². The Morgan fingerprint density at radius 2 is 1.87 bits per heavy atom. The number of fused-ring (bicyclic) bond motifs is 1. The summed E-state index contributed by atoms with van der Waals surface area (Å²) in [7, 11) is 1.55. The predicted octanol–water partition coefficient (Wildman–Crippen LogP) is 2.44. The zero-order valence-electron chi connectivity index (χ0n) is 13.3. The van der Waals surface area contributed by atoms with Crippen LogP contribution < -0.4 is 16.8 Å². The fourth-order valence-electron chi connectivity index (χ4n) is 2.10. The minimum Gasteiger partial charge on any atom is -0.436 e. The van der Waals surface area contributed by atoms with E-state index in [4.69, 9.17) is 15.9 Å². The van der Waals surface area contributed by atoms with Crippen LogP contribution in [-0.2, 0) is 0 Å². The molecule has 0 bridgehead atoms. The smallest absolute Gasteiger partial charge is 0.269 e. The Morgan fingerprint density at radius 1 is 1.17 bits per heavy atom. The molecule has 3 heterocycles. The number of hydrogen-bond acceptors (Lipinski definition) is 6. The summed E-state index contributed by atoms with van der Waals surface area (Å²) in [5.74, 6) is -0.123. The summed E-state index contributed by atoms with van der Waals surface area (Å²) in [6.07, 6.45) is 3.15. The number of nitrogens with zero attached hydrogens (tertiary/aromatic N) is 2. The van der Waals surface area contributed by atoms with E-state index in [2.05, 4.69) is 15.3 Å². The summed E-state index contributed by atoms with van der Waals surface area (Å²) in [6.45, 7) is 4.00. The van der Waals surface area contributed by atoms with Crippen LogP contribution in [0.4, 0.5) is 11.6 Å². The first-order valence-electron chi connectivity index (χ1n) is 7.22. The van der Waals surface area contributed by atoms with Gasteiger partial charge in [-0.15, -0.1) is 0 Å². The molecule has 0 atom stereocenters. The van der Waals surface area contributed by atoms with Crippen LogP contribution in [0.1, 0.15) is 24.3 Å². The number of carbonyl (C=O) groups is 1. The summed E-state index contributed by atoms with van der Waals surface area (Å²) in [5.41, 5.74) is 14.0. The van der Waals surface area contributed by atoms with E-state index in [1.165, 1.54) is 6.20 Å². The first-order chi connectivity index (χ1) is 11.1. The van der Waals surface area contributed by atoms with Crippen molar-refractivity contribution in [3.05, 3.63) is 36.3 Å². The Morgan fingerprint density at radius 3 is 2.57 bits per heavy atom. The van der Waals surface area contributed by atoms with Gasteiger partial charge in [-0.25, -0.2) is 0 Å². The second-order valence-corrected chi connectivity index (χ2v) is 4.43. The standard InChI is InChI=1S/C14H13N5O2.C2H6/c1-17-14(20)9-6-7(2-4-18-9)11-12-8(3-5-19-11)10(15)13(16)21-12;1-2/h2-6H,15-16H2,1H3,(H,17,20);1-2H3. The Labute approximate surface area is 133 Å². The molecule has 120 valence electrons. The van der Waals surface area contributed by atoms with Gasteiger partial charge >= 0.3 is 0 Å². The summed E-state index contributed by atoms with van der Waals surface area (Å²) < 4.78 is 5.48. The van der Waals surface area contributed by atoms with Crippen LogP contribution in [0.5, 0.6) is 0 Å². The maximum atomic E-state index is 11.7. The fraction of sp³-hybridized carbons (Fsp3) is 0.188. The first kappa shape index (κ1) is 16.3. The van der Waals surface area contributed by atoms with Gasteiger partial charge in [0, 0.05) is 30.4 Å². The van der Waals surface area contributed by atoms with Gasteiger partial charge in [-0.05, 0) is 18.2 Å². The monoisotopic (exact) mass is 313 g/mol. The number of anilines is 2. The number of hydrogen-bond donors (Lipinski definition) is 3. The van der Waals surface area contributed by atoms with Crippen LogP contribution >= 0.6 is 0 Å². The SMILES string of the molecule is CC.CNC(=O)c1cc(-c2nccc3c(N)c(N)oc23)ccn1. The molecule has 1 amide bonds. The molecular formula is C16H19N5O2. The van der Waals surface area contributed by atoms with Crippen molar-refractivity contribution in [2.75, 3.05) is 18.5 Å². The van der Waals surface area contributed by atoms with Crippen LogP contribution in [0.2, 0.25) is 0 Å². The molecule has 0 saturated carbocycles. The van der Waals surface area contributed by atoms with Crippen molar-refractivity contribution < 1.29 is 9.21 Å². The highest BCUT2D eigenvalue weighted by molar-refractivity contribution is 6.02. The second kappa shape index (κ2) is 6.78. The molecule has 23 heavy (non-hydrogen) atoms. The van der Waals surface area contributed by atoms with Crippen molar-refractivity contribution in [1.82, 2.24) is 15.3 Å². The molecule has 0 unspecified atom stereocenters. The van der Waals surface area contributed by atoms with Crippen molar-refractivity contribution in [2.45, 2.75) is 13.8 Å². The van der Waals surface area contributed by atoms with E-state index < -0.39 is 0 Å². The summed E-state index contributed by atoms with van der Waals surface area (Å²) in [4.78, 5) is 20.0. The third kappa shape index (κ3) is 2.94. The van der Waals surface area contributed by atoms with Crippen molar-refractivity contribution in [2.24, 2.45) is 0 Å². The topological polar surface area (TPSA) is 120 Å². The molecule has 3 aromatic rings. The van der Waals surface area contributed by atoms with Gasteiger partial charge in [0.15, 0.2) is 5.58 Å². The number of amides is 1. The molecule has 0 saturated heterocycles. The summed E-state index contributed by atoms with van der Waals surface area (Å²) in [5, 5.41) is 3.22. The number of carbonyl (C=O) groups excluding carboxylic acids is 1. The van der Waals surface area contributed by atoms with Crippen LogP contribution in [-0.4, -0.2) is 22.9 Å². The van der Waals surface area contributed by atoms with E-state index in [1.54, 1.807) is 31.4 Å². The van der Waals surface area contributed by atoms with E-state index in [0.29, 0.717) is 33.6 Å². The van der Waals surface area contributed by atoms with Gasteiger partial charge in [-0.3, -0.25) is 14.8 Å². The normalized spacial score (nSPS) is 10.0. The highest BCUT2D eigenvalue weighted by Crippen LogP contribution is 2.35. The van der Waals surface area contributed by atoms with Crippen molar-refractivity contribution >= 4 is 28.4 Å². The molecule has 0 spiro atoms. The molecule has 3 rings (SSSR count). The molecule has 0 aliphatic heterocycles. The van der Waals surface area contributed by atoms with Gasteiger partial charge in [-0.2, -0.15) is 0 Å². The quantitative estimate of drug-likeness (QED) is 0.668. The van der Waals surface area contributed by atoms with E-state index in [9.17, 15) is 4.79 Å². The van der Waals surface area contributed by atoms with Gasteiger partial charge in [0.2, 0.25) is 5.88 Å². The Hall–Kier alpha value is -3.09. The highest BCUT2D eigenvalue weighted by atomic mass is 16.3. The predicted molar refractivity (Wildman–Crippen MR) is 90.8 cm³/mol. The van der Waals surface area contributed by atoms with Crippen molar-refractivity contribution in [3.63, 3.8) is 0 Å². The molecular weight excluding hydrogens is 294 g/mol. The van der Waals surface area contributed by atoms with Gasteiger partial charge < -0.3 is 21.2 Å². The zero-order valence-corrected chi connectivity index (χ0v) is 13.3. The summed E-state index contributed by atoms with van der Waals surface area (Å²) in [6, 6.07) is 5.10. The van der Waals surface area contributed by atoms with E-state index in [1.807, 2.05) is 13.8 Å². The molecule has 0 fully saturated rings. The number of nitrogens with two attached hydrogens (primary N) is 2. The Bertz CT molecular complexity index is 842. The maximum absolute atomic E-state index is 11.7. The second-order valence-electron chi connectivity index (χ2n) is 4.43. The molecule has 0 radical (unpaired) electrons. The van der Waals surface area contributed by atoms with Gasteiger partial charge in [0.1, 0.15) is 17.1 Å². The van der Waals surface area contributed by atoms with Gasteiger partial charge in [0.25, 0.3) is 5.91 Å². The van der Waals surface area contributed by atoms with E-state index in [-0.39, 0.29) is 11.8 Å². The number of pyridine rings is 2. The minimum atomic E-state index is -0.275. The first-order valence-corrected chi connectivity index (χ1v) is 7.22. The molecule has 3 aromatic heterocycles. The van der Waals surface area contributed by atoms with Gasteiger partial charge in [0.05, 0.1) is 0 Å². The van der Waals surface area contributed by atoms with Crippen molar-refractivity contribution in [3.8, 4) is 11.3 Å². The lowest BCUT2D eigenvalue weighted by molar-refractivity contribution is 0.0958. The largest absolute Gasteiger partial charge is 0.436 e. The molecule has 0 aliphatic carbocycles. The Balaban J connectivity index is 0.000000924. The summed E-state index contributed by atoms with van der Waals surface area (Å²) >= 11 is 0. The average Bonchev–Trinajstić information content (AvgIpc) is 2.90. The molecule has 0 aromatic carbocycles. The molecule has 5 N–H and O–H groups in total. The molecule has 0 aliphatic rings. The lowest BCUT2D eigenvalue weighted by Gasteiger charge is -2.04. The van der Waals surface area contributed by atoms with Crippen LogP contribution in [0.15, 0.2) is 35.0 Å². The third-order valence-electron chi connectivity index (χ3n) is 3.17. The van der Waals surface area contributed by atoms with E-state index >= 15 is 0 Å². The van der Waals surface area contributed by atoms with Gasteiger partial charge in [-0.1, -0.05) is 13.8 Å². The van der Waals surface area contributed by atoms with Crippen LogP contribution in [0, 0.1) is 0 Å². The zero-order chi connectivity index (χ0) is 17.0. The number of rotatable bonds is 2. The maximum Gasteiger partial charge on any atom is 0.269 e. The van der Waals surface area contributed by atoms with Crippen molar-refractivity contribution in [1.29, 1.82) is 0 Å². The lowest BCUT2D eigenvalue weighted by Crippen LogP contribution is -2.19. The third-order valence-corrected chi connectivity index (χ3v) is 3.17. The van der Waals surface area contributed by atoms with Crippen LogP contribution in [0.25, 0.3) is 22.2 Å². The lowest BCUT2D eigenvalue weighted by atomic mass is 10.1. The highest BCUT2D eigenvalue weighted by Gasteiger charge is 2.15. The minimum absolute atomic E-state index is 0.153. The number of furan rings is 1. The Kier molecular flexibility index (Phi) is 4.80. The number of aromatic nitrogens is 2. The number of nitrogen functional groups attached to an aromatic ring is 2. The number of nitrogens with one attached hydrogen (secondary N) is 1. The average molecular weight is 313 g/mol. The fourth-order valence-corrected chi connectivity index (χ4v) is 2.10. The van der Waals surface area contributed by atoms with E-state index in [0.717, 1.165) is 0 Å².